The molecule has 0 bridgehead atoms. The lowest BCUT2D eigenvalue weighted by Gasteiger charge is -2.35. The summed E-state index contributed by atoms with van der Waals surface area (Å²) in [6, 6.07) is 6.64. The van der Waals surface area contributed by atoms with E-state index in [4.69, 9.17) is 0 Å². The Labute approximate surface area is 120 Å². The van der Waals surface area contributed by atoms with Gasteiger partial charge in [0.25, 0.3) is 0 Å². The molecule has 110 valence electrons. The Morgan fingerprint density at radius 3 is 2.70 bits per heavy atom. The second-order valence-electron chi connectivity index (χ2n) is 5.46. The Hall–Kier alpha value is -1.42. The summed E-state index contributed by atoms with van der Waals surface area (Å²) in [7, 11) is 0. The van der Waals surface area contributed by atoms with Gasteiger partial charge in [-0.15, -0.1) is 0 Å². The van der Waals surface area contributed by atoms with Gasteiger partial charge < -0.3 is 4.90 Å². The molecule has 1 heterocycles. The number of hydrogen-bond acceptors (Lipinski definition) is 2. The van der Waals surface area contributed by atoms with Crippen molar-refractivity contribution in [1.82, 2.24) is 10.2 Å². The van der Waals surface area contributed by atoms with Gasteiger partial charge in [0.15, 0.2) is 0 Å². The molecule has 4 heteroatoms. The first kappa shape index (κ1) is 15.0. The summed E-state index contributed by atoms with van der Waals surface area (Å²) in [5.74, 6) is 0.298. The fourth-order valence-corrected chi connectivity index (χ4v) is 3.13. The van der Waals surface area contributed by atoms with Gasteiger partial charge in [-0.2, -0.15) is 0 Å². The van der Waals surface area contributed by atoms with Gasteiger partial charge in [0.05, 0.1) is 6.54 Å². The van der Waals surface area contributed by atoms with Crippen LogP contribution < -0.4 is 5.32 Å². The molecule has 2 unspecified atom stereocenters. The van der Waals surface area contributed by atoms with Crippen LogP contribution in [0.15, 0.2) is 24.3 Å². The monoisotopic (exact) mass is 278 g/mol. The lowest BCUT2D eigenvalue weighted by molar-refractivity contribution is -0.131. The molecule has 0 radical (unpaired) electrons. The minimum absolute atomic E-state index is 0.0960. The highest BCUT2D eigenvalue weighted by atomic mass is 19.1. The third kappa shape index (κ3) is 2.85. The number of rotatable bonds is 5. The van der Waals surface area contributed by atoms with Gasteiger partial charge in [-0.1, -0.05) is 38.8 Å². The highest BCUT2D eigenvalue weighted by Gasteiger charge is 2.37. The molecule has 3 nitrogen and oxygen atoms in total. The van der Waals surface area contributed by atoms with Crippen molar-refractivity contribution in [2.75, 3.05) is 6.54 Å². The molecule has 0 saturated carbocycles. The van der Waals surface area contributed by atoms with Crippen LogP contribution in [0, 0.1) is 11.7 Å². The summed E-state index contributed by atoms with van der Waals surface area (Å²) in [6.45, 7) is 6.71. The molecule has 1 fully saturated rings. The first-order valence-corrected chi connectivity index (χ1v) is 7.38. The molecule has 1 saturated heterocycles. The van der Waals surface area contributed by atoms with Crippen LogP contribution in [0.1, 0.15) is 45.3 Å². The summed E-state index contributed by atoms with van der Waals surface area (Å²) >= 11 is 0. The summed E-state index contributed by atoms with van der Waals surface area (Å²) in [5, 5.41) is 3.19. The number of nitrogens with zero attached hydrogens (tertiary/aromatic N) is 1. The number of amides is 1. The van der Waals surface area contributed by atoms with Gasteiger partial charge in [0.2, 0.25) is 5.91 Å². The number of carbonyl (C=O) groups excluding carboxylic acids is 1. The predicted octanol–water partition coefficient (Wildman–Crippen LogP) is 3.08. The van der Waals surface area contributed by atoms with Gasteiger partial charge in [0.1, 0.15) is 12.0 Å². The van der Waals surface area contributed by atoms with E-state index in [1.54, 1.807) is 6.07 Å². The maximum Gasteiger partial charge on any atom is 0.238 e. The number of nitrogens with one attached hydrogen (secondary N) is 1. The van der Waals surface area contributed by atoms with Crippen molar-refractivity contribution < 1.29 is 9.18 Å². The zero-order valence-electron chi connectivity index (χ0n) is 12.4. The van der Waals surface area contributed by atoms with Gasteiger partial charge in [0, 0.05) is 6.04 Å². The van der Waals surface area contributed by atoms with Crippen molar-refractivity contribution in [3.63, 3.8) is 0 Å². The maximum absolute atomic E-state index is 13.4. The van der Waals surface area contributed by atoms with Crippen LogP contribution in [0.25, 0.3) is 0 Å². The molecule has 2 atom stereocenters. The lowest BCUT2D eigenvalue weighted by atomic mass is 9.93. The van der Waals surface area contributed by atoms with E-state index < -0.39 is 0 Å². The van der Waals surface area contributed by atoms with E-state index in [-0.39, 0.29) is 23.9 Å². The molecule has 1 aliphatic heterocycles. The van der Waals surface area contributed by atoms with Crippen LogP contribution >= 0.6 is 0 Å². The fraction of sp³-hybridized carbons (Fsp3) is 0.562. The average Bonchev–Trinajstić information content (AvgIpc) is 2.82. The molecule has 0 aromatic heterocycles. The Morgan fingerprint density at radius 2 is 2.10 bits per heavy atom. The molecule has 0 spiro atoms. The zero-order chi connectivity index (χ0) is 14.7. The smallest absolute Gasteiger partial charge is 0.238 e. The number of benzene rings is 1. The van der Waals surface area contributed by atoms with E-state index in [2.05, 4.69) is 26.1 Å². The molecule has 1 amide bonds. The first-order chi connectivity index (χ1) is 9.58. The van der Waals surface area contributed by atoms with Crippen LogP contribution in [0.3, 0.4) is 0 Å². The topological polar surface area (TPSA) is 32.3 Å². The maximum atomic E-state index is 13.4. The Bertz CT molecular complexity index is 473. The van der Waals surface area contributed by atoms with Crippen LogP contribution in [0.2, 0.25) is 0 Å². The SMILES string of the molecule is CCC(CC)C(C)N1C(=O)CNC1c1cccc(F)c1. The highest BCUT2D eigenvalue weighted by Crippen LogP contribution is 2.29. The van der Waals surface area contributed by atoms with E-state index in [1.165, 1.54) is 12.1 Å². The first-order valence-electron chi connectivity index (χ1n) is 7.38. The second-order valence-corrected chi connectivity index (χ2v) is 5.46. The molecule has 1 N–H and O–H groups in total. The molecule has 1 aliphatic rings. The zero-order valence-corrected chi connectivity index (χ0v) is 12.4. The quantitative estimate of drug-likeness (QED) is 0.897. The third-order valence-electron chi connectivity index (χ3n) is 4.35. The van der Waals surface area contributed by atoms with Gasteiger partial charge in [-0.05, 0) is 30.5 Å². The Morgan fingerprint density at radius 1 is 1.40 bits per heavy atom. The number of halogens is 1. The van der Waals surface area contributed by atoms with E-state index >= 15 is 0 Å². The molecule has 1 aromatic carbocycles. The highest BCUT2D eigenvalue weighted by molar-refractivity contribution is 5.81. The molecule has 20 heavy (non-hydrogen) atoms. The summed E-state index contributed by atoms with van der Waals surface area (Å²) in [6.07, 6.45) is 1.86. The normalized spacial score (nSPS) is 20.8. The van der Waals surface area contributed by atoms with Crippen LogP contribution in [-0.4, -0.2) is 23.4 Å². The third-order valence-corrected chi connectivity index (χ3v) is 4.35. The Kier molecular flexibility index (Phi) is 4.76. The van der Waals surface area contributed by atoms with Crippen LogP contribution in [0.4, 0.5) is 4.39 Å². The van der Waals surface area contributed by atoms with Crippen molar-refractivity contribution in [3.8, 4) is 0 Å². The van der Waals surface area contributed by atoms with Gasteiger partial charge >= 0.3 is 0 Å². The standard InChI is InChI=1S/C16H23FN2O/c1-4-12(5-2)11(3)19-15(20)10-18-16(19)13-7-6-8-14(17)9-13/h6-9,11-12,16,18H,4-5,10H2,1-3H3. The molecule has 2 rings (SSSR count). The molecular formula is C16H23FN2O. The van der Waals surface area contributed by atoms with E-state index in [1.807, 2.05) is 11.0 Å². The molecule has 0 aliphatic carbocycles. The summed E-state index contributed by atoms with van der Waals surface area (Å²) in [5.41, 5.74) is 0.814. The van der Waals surface area contributed by atoms with E-state index in [0.29, 0.717) is 12.5 Å². The van der Waals surface area contributed by atoms with E-state index in [9.17, 15) is 9.18 Å². The largest absolute Gasteiger partial charge is 0.319 e. The Balaban J connectivity index is 2.26. The van der Waals surface area contributed by atoms with Crippen molar-refractivity contribution in [3.05, 3.63) is 35.6 Å². The predicted molar refractivity (Wildman–Crippen MR) is 77.5 cm³/mol. The summed E-state index contributed by atoms with van der Waals surface area (Å²) in [4.78, 5) is 14.1. The van der Waals surface area contributed by atoms with E-state index in [0.717, 1.165) is 18.4 Å². The molecule has 1 aromatic rings. The van der Waals surface area contributed by atoms with Gasteiger partial charge in [-0.3, -0.25) is 10.1 Å². The number of carbonyl (C=O) groups is 1. The van der Waals surface area contributed by atoms with Crippen molar-refractivity contribution in [1.29, 1.82) is 0 Å². The van der Waals surface area contributed by atoms with Crippen molar-refractivity contribution in [2.45, 2.75) is 45.8 Å². The minimum atomic E-state index is -0.265. The molecular weight excluding hydrogens is 255 g/mol. The summed E-state index contributed by atoms with van der Waals surface area (Å²) < 4.78 is 13.4. The van der Waals surface area contributed by atoms with Crippen molar-refractivity contribution in [2.24, 2.45) is 5.92 Å². The number of hydrogen-bond donors (Lipinski definition) is 1. The van der Waals surface area contributed by atoms with Gasteiger partial charge in [-0.25, -0.2) is 4.39 Å². The minimum Gasteiger partial charge on any atom is -0.319 e. The van der Waals surface area contributed by atoms with Crippen LogP contribution in [0.5, 0.6) is 0 Å². The van der Waals surface area contributed by atoms with Crippen molar-refractivity contribution >= 4 is 5.91 Å². The fourth-order valence-electron chi connectivity index (χ4n) is 3.13. The average molecular weight is 278 g/mol. The second kappa shape index (κ2) is 6.35. The lowest BCUT2D eigenvalue weighted by Crippen LogP contribution is -2.42. The van der Waals surface area contributed by atoms with Crippen LogP contribution in [-0.2, 0) is 4.79 Å².